The van der Waals surface area contributed by atoms with Crippen molar-refractivity contribution in [3.63, 3.8) is 0 Å². The van der Waals surface area contributed by atoms with Gasteiger partial charge in [0.25, 0.3) is 0 Å². The van der Waals surface area contributed by atoms with Crippen molar-refractivity contribution in [2.75, 3.05) is 39.3 Å². The number of amides is 1. The van der Waals surface area contributed by atoms with E-state index < -0.39 is 0 Å². The molecule has 0 aromatic carbocycles. The summed E-state index contributed by atoms with van der Waals surface area (Å²) < 4.78 is 5.66. The van der Waals surface area contributed by atoms with E-state index in [1.165, 1.54) is 4.88 Å². The van der Waals surface area contributed by atoms with Gasteiger partial charge in [0, 0.05) is 30.4 Å². The molecule has 2 saturated heterocycles. The molecule has 5 nitrogen and oxygen atoms in total. The topological polar surface area (TPSA) is 53.6 Å². The molecule has 2 aliphatic heterocycles. The third-order valence-electron chi connectivity index (χ3n) is 4.76. The molecule has 2 aliphatic rings. The van der Waals surface area contributed by atoms with E-state index in [9.17, 15) is 4.79 Å². The summed E-state index contributed by atoms with van der Waals surface area (Å²) in [5.41, 5.74) is 0. The van der Waals surface area contributed by atoms with Crippen molar-refractivity contribution in [3.05, 3.63) is 22.4 Å². The van der Waals surface area contributed by atoms with E-state index in [-0.39, 0.29) is 36.4 Å². The summed E-state index contributed by atoms with van der Waals surface area (Å²) in [5, 5.41) is 8.64. The molecule has 3 heterocycles. The lowest BCUT2D eigenvalue weighted by molar-refractivity contribution is -0.126. The van der Waals surface area contributed by atoms with E-state index in [1.807, 2.05) is 0 Å². The molecule has 2 N–H and O–H groups in total. The molecule has 2 atom stereocenters. The molecule has 0 radical (unpaired) electrons. The second-order valence-electron chi connectivity index (χ2n) is 6.48. The first-order valence-corrected chi connectivity index (χ1v) is 9.49. The third kappa shape index (κ3) is 5.17. The minimum absolute atomic E-state index is 0. The van der Waals surface area contributed by atoms with Gasteiger partial charge in [-0.05, 0) is 44.3 Å². The molecule has 2 unspecified atom stereocenters. The van der Waals surface area contributed by atoms with E-state index in [0.717, 1.165) is 45.6 Å². The number of morpholine rings is 1. The predicted molar refractivity (Wildman–Crippen MR) is 99.9 cm³/mol. The van der Waals surface area contributed by atoms with Crippen molar-refractivity contribution in [2.45, 2.75) is 31.9 Å². The zero-order valence-corrected chi connectivity index (χ0v) is 15.8. The maximum absolute atomic E-state index is 12.4. The minimum atomic E-state index is 0. The molecule has 24 heavy (non-hydrogen) atoms. The van der Waals surface area contributed by atoms with E-state index in [0.29, 0.717) is 6.54 Å². The van der Waals surface area contributed by atoms with Crippen molar-refractivity contribution in [2.24, 2.45) is 5.92 Å². The van der Waals surface area contributed by atoms with Crippen LogP contribution in [0.3, 0.4) is 0 Å². The fraction of sp³-hybridized carbons (Fsp3) is 0.706. The summed E-state index contributed by atoms with van der Waals surface area (Å²) in [6, 6.07) is 4.52. The summed E-state index contributed by atoms with van der Waals surface area (Å²) in [5.74, 6) is 0.387. The second kappa shape index (κ2) is 9.73. The van der Waals surface area contributed by atoms with Gasteiger partial charge in [-0.15, -0.1) is 23.7 Å². The average Bonchev–Trinajstić information content (AvgIpc) is 3.10. The Kier molecular flexibility index (Phi) is 7.97. The highest BCUT2D eigenvalue weighted by Gasteiger charge is 2.28. The van der Waals surface area contributed by atoms with Crippen LogP contribution in [0.2, 0.25) is 0 Å². The average molecular weight is 374 g/mol. The lowest BCUT2D eigenvalue weighted by Gasteiger charge is -2.37. The zero-order valence-electron chi connectivity index (χ0n) is 14.2. The first kappa shape index (κ1) is 19.7. The van der Waals surface area contributed by atoms with Crippen LogP contribution >= 0.6 is 23.7 Å². The van der Waals surface area contributed by atoms with Crippen molar-refractivity contribution < 1.29 is 9.53 Å². The number of halogens is 1. The molecular formula is C17H28ClN3O2S. The lowest BCUT2D eigenvalue weighted by atomic mass is 9.97. The van der Waals surface area contributed by atoms with Crippen LogP contribution in [0.5, 0.6) is 0 Å². The number of thiophene rings is 1. The number of carbonyl (C=O) groups excluding carboxylic acids is 1. The molecule has 0 bridgehead atoms. The summed E-state index contributed by atoms with van der Waals surface area (Å²) in [6.45, 7) is 7.33. The van der Waals surface area contributed by atoms with Crippen molar-refractivity contribution in [1.82, 2.24) is 15.5 Å². The Balaban J connectivity index is 0.00000208. The molecule has 7 heteroatoms. The quantitative estimate of drug-likeness (QED) is 0.829. The number of nitrogens with one attached hydrogen (secondary N) is 2. The Labute approximate surface area is 154 Å². The number of hydrogen-bond donors (Lipinski definition) is 2. The van der Waals surface area contributed by atoms with Crippen molar-refractivity contribution >= 4 is 29.7 Å². The maximum atomic E-state index is 12.4. The monoisotopic (exact) mass is 373 g/mol. The molecule has 0 saturated carbocycles. The summed E-state index contributed by atoms with van der Waals surface area (Å²) in [6.07, 6.45) is 2.15. The zero-order chi connectivity index (χ0) is 16.1. The van der Waals surface area contributed by atoms with Crippen molar-refractivity contribution in [1.29, 1.82) is 0 Å². The van der Waals surface area contributed by atoms with Crippen LogP contribution in [0, 0.1) is 5.92 Å². The van der Waals surface area contributed by atoms with Crippen LogP contribution in [-0.4, -0.2) is 56.2 Å². The van der Waals surface area contributed by atoms with E-state index in [2.05, 4.69) is 40.0 Å². The molecule has 1 aromatic heterocycles. The normalized spacial score (nSPS) is 24.1. The molecular weight excluding hydrogens is 346 g/mol. The molecule has 1 amide bonds. The van der Waals surface area contributed by atoms with Crippen LogP contribution in [0.25, 0.3) is 0 Å². The number of nitrogens with zero attached hydrogens (tertiary/aromatic N) is 1. The molecule has 136 valence electrons. The van der Waals surface area contributed by atoms with Gasteiger partial charge in [0.2, 0.25) is 5.91 Å². The standard InChI is InChI=1S/C17H27N3O2S.ClH/c1-13-12-20(8-9-22-13)15(16-3-2-10-23-16)11-19-17(21)14-4-6-18-7-5-14;/h2-3,10,13-15,18H,4-9,11-12H2,1H3,(H,19,21);1H. The van der Waals surface area contributed by atoms with E-state index in [4.69, 9.17) is 4.74 Å². The van der Waals surface area contributed by atoms with Gasteiger partial charge in [-0.1, -0.05) is 6.07 Å². The van der Waals surface area contributed by atoms with Crippen LogP contribution in [0.15, 0.2) is 17.5 Å². The Morgan fingerprint density at radius 2 is 2.29 bits per heavy atom. The second-order valence-corrected chi connectivity index (χ2v) is 7.46. The van der Waals surface area contributed by atoms with Gasteiger partial charge in [-0.25, -0.2) is 0 Å². The van der Waals surface area contributed by atoms with Crippen LogP contribution in [0.4, 0.5) is 0 Å². The number of piperidine rings is 1. The molecule has 3 rings (SSSR count). The van der Waals surface area contributed by atoms with Crippen molar-refractivity contribution in [3.8, 4) is 0 Å². The van der Waals surface area contributed by atoms with Crippen LogP contribution < -0.4 is 10.6 Å². The van der Waals surface area contributed by atoms with Gasteiger partial charge < -0.3 is 15.4 Å². The smallest absolute Gasteiger partial charge is 0.223 e. The SMILES string of the molecule is CC1CN(C(CNC(=O)C2CCNCC2)c2cccs2)CCO1.Cl. The van der Waals surface area contributed by atoms with Gasteiger partial charge in [-0.2, -0.15) is 0 Å². The highest BCUT2D eigenvalue weighted by molar-refractivity contribution is 7.10. The Hall–Kier alpha value is -0.660. The van der Waals surface area contributed by atoms with E-state index in [1.54, 1.807) is 11.3 Å². The highest BCUT2D eigenvalue weighted by Crippen LogP contribution is 2.26. The number of ether oxygens (including phenoxy) is 1. The van der Waals surface area contributed by atoms with Gasteiger partial charge >= 0.3 is 0 Å². The van der Waals surface area contributed by atoms with E-state index >= 15 is 0 Å². The Bertz CT molecular complexity index is 494. The van der Waals surface area contributed by atoms with Gasteiger partial charge in [-0.3, -0.25) is 9.69 Å². The fourth-order valence-corrected chi connectivity index (χ4v) is 4.31. The Morgan fingerprint density at radius 3 is 2.96 bits per heavy atom. The first-order valence-electron chi connectivity index (χ1n) is 8.61. The minimum Gasteiger partial charge on any atom is -0.376 e. The molecule has 0 aliphatic carbocycles. The lowest BCUT2D eigenvalue weighted by Crippen LogP contribution is -2.47. The first-order chi connectivity index (χ1) is 11.2. The molecule has 1 aromatic rings. The maximum Gasteiger partial charge on any atom is 0.223 e. The Morgan fingerprint density at radius 1 is 1.50 bits per heavy atom. The number of carbonyl (C=O) groups is 1. The van der Waals surface area contributed by atoms with Crippen LogP contribution in [-0.2, 0) is 9.53 Å². The number of hydrogen-bond acceptors (Lipinski definition) is 5. The highest BCUT2D eigenvalue weighted by atomic mass is 35.5. The molecule has 2 fully saturated rings. The number of rotatable bonds is 5. The van der Waals surface area contributed by atoms with Gasteiger partial charge in [0.15, 0.2) is 0 Å². The van der Waals surface area contributed by atoms with Gasteiger partial charge in [0.1, 0.15) is 0 Å². The summed E-state index contributed by atoms with van der Waals surface area (Å²) in [7, 11) is 0. The third-order valence-corrected chi connectivity index (χ3v) is 5.74. The largest absolute Gasteiger partial charge is 0.376 e. The predicted octanol–water partition coefficient (Wildman–Crippen LogP) is 2.05. The summed E-state index contributed by atoms with van der Waals surface area (Å²) >= 11 is 1.77. The molecule has 0 spiro atoms. The van der Waals surface area contributed by atoms with Gasteiger partial charge in [0.05, 0.1) is 18.8 Å². The van der Waals surface area contributed by atoms with Crippen LogP contribution in [0.1, 0.15) is 30.7 Å². The summed E-state index contributed by atoms with van der Waals surface area (Å²) in [4.78, 5) is 16.2. The fourth-order valence-electron chi connectivity index (χ4n) is 3.44.